The summed E-state index contributed by atoms with van der Waals surface area (Å²) >= 11 is 26.3. The van der Waals surface area contributed by atoms with Crippen LogP contribution in [0.5, 0.6) is 0 Å². The SMILES string of the molecule is CN(c1ccc2nc(-c3ccc(Cl)cc3)c(CN3CCNCC3)n2c1)S(C)(=O)=O.COCC(=O)N1CCN(Cc2c(-c3ccc(Cl)cc3)nc3ccc(N(C)S(C)(=O)=O)cn23)CC1.O=C(c1cscn1)N1CCN(Cc2c(-c3ccc(Cl)cc3Cl)nc3cnc(C4CC4)cn23)CC1.c1ccc(-c2ccc3nc(C4CCOCC4)c(CN4CCOCC4)n3c2)cc1. The van der Waals surface area contributed by atoms with Gasteiger partial charge in [0.1, 0.15) is 29.2 Å². The molecule has 1 saturated carbocycles. The maximum Gasteiger partial charge on any atom is 0.273 e. The van der Waals surface area contributed by atoms with Gasteiger partial charge in [0.15, 0.2) is 5.65 Å². The summed E-state index contributed by atoms with van der Waals surface area (Å²) in [5.41, 5.74) is 21.3. The molecule has 656 valence electrons. The van der Waals surface area contributed by atoms with Crippen molar-refractivity contribution in [3.63, 3.8) is 0 Å². The Hall–Kier alpha value is -9.52. The van der Waals surface area contributed by atoms with Crippen molar-refractivity contribution in [2.75, 3.05) is 167 Å². The number of ether oxygens (including phenoxy) is 3. The van der Waals surface area contributed by atoms with Crippen molar-refractivity contribution in [2.24, 2.45) is 0 Å². The highest BCUT2D eigenvalue weighted by Crippen LogP contribution is 2.41. The number of sulfonamides is 2. The average Bonchev–Trinajstić information content (AvgIpc) is 1.63. The number of carbonyl (C=O) groups excluding carboxylic acids is 2. The Balaban J connectivity index is 0.000000123. The second kappa shape index (κ2) is 39.8. The molecule has 0 bridgehead atoms. The van der Waals surface area contributed by atoms with E-state index in [2.05, 4.69) is 98.5 Å². The van der Waals surface area contributed by atoms with Gasteiger partial charge in [0.25, 0.3) is 5.91 Å². The number of nitrogens with one attached hydrogen (secondary N) is 1. The molecule has 0 radical (unpaired) electrons. The van der Waals surface area contributed by atoms with Gasteiger partial charge in [-0.1, -0.05) is 101 Å². The number of fused-ring (bicyclic) bond motifs is 4. The molecule has 19 rings (SSSR count). The molecule has 28 nitrogen and oxygen atoms in total. The van der Waals surface area contributed by atoms with E-state index in [1.165, 1.54) is 82.0 Å². The number of anilines is 2. The number of amides is 2. The summed E-state index contributed by atoms with van der Waals surface area (Å²) in [6.07, 6.45) is 16.8. The van der Waals surface area contributed by atoms with E-state index < -0.39 is 20.0 Å². The van der Waals surface area contributed by atoms with E-state index >= 15 is 0 Å². The van der Waals surface area contributed by atoms with Crippen LogP contribution in [0, 0.1) is 0 Å². The molecule has 6 fully saturated rings. The van der Waals surface area contributed by atoms with Crippen molar-refractivity contribution < 1.29 is 40.6 Å². The van der Waals surface area contributed by atoms with Gasteiger partial charge in [-0.15, -0.1) is 11.3 Å². The highest BCUT2D eigenvalue weighted by atomic mass is 35.5. The summed E-state index contributed by atoms with van der Waals surface area (Å²) in [5, 5.41) is 7.67. The van der Waals surface area contributed by atoms with Gasteiger partial charge in [-0.25, -0.2) is 41.8 Å². The number of rotatable bonds is 21. The lowest BCUT2D eigenvalue weighted by molar-refractivity contribution is -0.137. The predicted octanol–water partition coefficient (Wildman–Crippen LogP) is 13.5. The molecule has 13 aromatic rings. The molecule has 14 heterocycles. The lowest BCUT2D eigenvalue weighted by atomic mass is 9.95. The second-order valence-corrected chi connectivity index (χ2v) is 38.6. The lowest BCUT2D eigenvalue weighted by Crippen LogP contribution is -2.49. The van der Waals surface area contributed by atoms with Crippen LogP contribution < -0.4 is 13.9 Å². The standard InChI is InChI=1S/C24H22Cl2N6OS.C23H28ClN5O4S.C23H27N3O2.C20H24ClN5O2S/c25-16-3-4-17(18(26)9-16)23-21(32-11-19(15-1-2-15)27-10-22(32)29-23)12-30-5-7-31(8-6-30)24(33)20-13-34-14-28-20;1-26(34(3,31)32)19-8-9-21-25-23(17-4-6-18(24)7-5-17)20(29(21)14-19)15-27-10-12-28(13-11-27)22(30)16-33-2;1-2-4-18(5-3-1)20-6-7-22-24-23(19-8-12-27-13-9-19)21(26(22)16-20)17-25-10-14-28-15-11-25;1-24(29(2,27)28)17-7-8-19-23-20(15-3-5-16(21)6-4-15)18(26(19)13-17)14-25-11-9-22-10-12-25/h3-4,9-11,13-15H,1-2,5-8,12H2;4-9,14H,10-13,15-16H2,1-3H3;1-7,16,19H,8-15,17H2;3-8,13,22H,9-12,14H2,1-2H3. The fourth-order valence-electron chi connectivity index (χ4n) is 16.4. The van der Waals surface area contributed by atoms with E-state index in [1.54, 1.807) is 42.3 Å². The number of benzene rings is 4. The highest BCUT2D eigenvalue weighted by Gasteiger charge is 2.32. The van der Waals surface area contributed by atoms with E-state index in [0.717, 1.165) is 184 Å². The normalized spacial score (nSPS) is 16.7. The summed E-state index contributed by atoms with van der Waals surface area (Å²) < 4.78 is 75.3. The fraction of sp³-hybridized carbons (Fsp3) is 0.378. The maximum atomic E-state index is 12.7. The number of imidazole rings is 4. The second-order valence-electron chi connectivity index (χ2n) is 32.2. The zero-order chi connectivity index (χ0) is 87.0. The Labute approximate surface area is 751 Å². The topological polar surface area (TPSA) is 263 Å². The van der Waals surface area contributed by atoms with Crippen molar-refractivity contribution in [2.45, 2.75) is 63.7 Å². The summed E-state index contributed by atoms with van der Waals surface area (Å²) in [4.78, 5) is 66.5. The number of thiazole rings is 1. The molecule has 0 atom stereocenters. The average molecular weight is 1830 g/mol. The number of hydrogen-bond donors (Lipinski definition) is 1. The number of carbonyl (C=O) groups is 2. The van der Waals surface area contributed by atoms with Crippen LogP contribution in [-0.2, 0) is 65.2 Å². The predicted molar refractivity (Wildman–Crippen MR) is 493 cm³/mol. The largest absolute Gasteiger partial charge is 0.381 e. The third kappa shape index (κ3) is 21.3. The van der Waals surface area contributed by atoms with Crippen molar-refractivity contribution in [1.82, 2.24) is 82.2 Å². The number of methoxy groups -OCH3 is 1. The molecule has 4 aromatic carbocycles. The molecule has 0 unspecified atom stereocenters. The van der Waals surface area contributed by atoms with Gasteiger partial charge in [-0.05, 0) is 116 Å². The first-order chi connectivity index (χ1) is 60.4. The molecular weight excluding hydrogens is 1730 g/mol. The zero-order valence-corrected chi connectivity index (χ0v) is 75.9. The van der Waals surface area contributed by atoms with Gasteiger partial charge >= 0.3 is 0 Å². The first kappa shape index (κ1) is 88.9. The van der Waals surface area contributed by atoms with E-state index in [0.29, 0.717) is 101 Å². The molecule has 2 amide bonds. The fourth-order valence-corrected chi connectivity index (χ4v) is 18.6. The number of aromatic nitrogens is 10. The highest BCUT2D eigenvalue weighted by molar-refractivity contribution is 7.92. The van der Waals surface area contributed by atoms with Gasteiger partial charge in [-0.2, -0.15) is 0 Å². The number of nitrogens with zero attached hydrogens (tertiary/aromatic N) is 18. The number of halogens is 4. The van der Waals surface area contributed by atoms with Gasteiger partial charge in [0, 0.05) is 226 Å². The van der Waals surface area contributed by atoms with Crippen molar-refractivity contribution in [1.29, 1.82) is 0 Å². The molecule has 35 heteroatoms. The summed E-state index contributed by atoms with van der Waals surface area (Å²) in [6.45, 7) is 17.7. The minimum Gasteiger partial charge on any atom is -0.381 e. The number of morpholine rings is 1. The Bertz CT molecular complexity index is 6190. The summed E-state index contributed by atoms with van der Waals surface area (Å²) in [7, 11) is -2.14. The minimum atomic E-state index is -3.41. The van der Waals surface area contributed by atoms with Crippen LogP contribution in [0.4, 0.5) is 11.4 Å². The monoisotopic (exact) mass is 1830 g/mol. The lowest BCUT2D eigenvalue weighted by Gasteiger charge is -2.34. The van der Waals surface area contributed by atoms with Gasteiger partial charge < -0.3 is 33.7 Å². The number of pyridine rings is 3. The minimum absolute atomic E-state index is 0.00415. The molecule has 1 aliphatic carbocycles. The van der Waals surface area contributed by atoms with Crippen molar-refractivity contribution in [3.05, 3.63) is 235 Å². The molecular formula is C90H101Cl4N19O9S3. The third-order valence-electron chi connectivity index (χ3n) is 23.7. The van der Waals surface area contributed by atoms with Gasteiger partial charge in [0.2, 0.25) is 26.0 Å². The first-order valence-corrected chi connectivity index (χ1v) is 48.1. The van der Waals surface area contributed by atoms with Crippen molar-refractivity contribution >= 4 is 124 Å². The third-order valence-corrected chi connectivity index (χ3v) is 27.8. The van der Waals surface area contributed by atoms with E-state index in [4.69, 9.17) is 80.6 Å². The van der Waals surface area contributed by atoms with Crippen molar-refractivity contribution in [3.8, 4) is 44.9 Å². The molecule has 0 spiro atoms. The molecule has 1 N–H and O–H groups in total. The zero-order valence-electron chi connectivity index (χ0n) is 70.5. The van der Waals surface area contributed by atoms with Crippen LogP contribution in [0.25, 0.3) is 67.5 Å². The van der Waals surface area contributed by atoms with Gasteiger partial charge in [0.05, 0.1) is 105 Å². The van der Waals surface area contributed by atoms with E-state index in [9.17, 15) is 26.4 Å². The smallest absolute Gasteiger partial charge is 0.273 e. The van der Waals surface area contributed by atoms with E-state index in [1.807, 2.05) is 104 Å². The molecule has 6 aliphatic rings. The number of hydrogen-bond acceptors (Lipinski definition) is 21. The Morgan fingerprint density at radius 3 is 1.52 bits per heavy atom. The first-order valence-electron chi connectivity index (χ1n) is 41.9. The van der Waals surface area contributed by atoms with Crippen LogP contribution in [0.15, 0.2) is 175 Å². The molecule has 5 aliphatic heterocycles. The van der Waals surface area contributed by atoms with Crippen LogP contribution in [0.3, 0.4) is 0 Å². The molecule has 125 heavy (non-hydrogen) atoms. The summed E-state index contributed by atoms with van der Waals surface area (Å²) in [6, 6.07) is 42.8. The van der Waals surface area contributed by atoms with Crippen LogP contribution in [0.2, 0.25) is 20.1 Å². The Morgan fingerprint density at radius 2 is 0.976 bits per heavy atom. The maximum absolute atomic E-state index is 12.7. The van der Waals surface area contributed by atoms with Gasteiger partial charge in [-0.3, -0.25) is 56.0 Å². The Morgan fingerprint density at radius 1 is 0.488 bits per heavy atom. The number of piperazine rings is 3. The van der Waals surface area contributed by atoms with Crippen LogP contribution in [-0.4, -0.2) is 264 Å². The van der Waals surface area contributed by atoms with E-state index in [-0.39, 0.29) is 18.4 Å². The quantitative estimate of drug-likeness (QED) is 0.0700. The van der Waals surface area contributed by atoms with Crippen LogP contribution in [0.1, 0.15) is 82.2 Å². The summed E-state index contributed by atoms with van der Waals surface area (Å²) in [5.74, 6) is 1.03. The molecule has 5 saturated heterocycles. The van der Waals surface area contributed by atoms with Crippen LogP contribution >= 0.6 is 57.7 Å². The molecule has 9 aromatic heterocycles. The Kier molecular flexibility index (Phi) is 28.3.